The predicted octanol–water partition coefficient (Wildman–Crippen LogP) is 4.37. The van der Waals surface area contributed by atoms with Crippen LogP contribution >= 0.6 is 0 Å². The molecule has 0 unspecified atom stereocenters. The maximum absolute atomic E-state index is 6.04. The van der Waals surface area contributed by atoms with Gasteiger partial charge in [0.15, 0.2) is 0 Å². The lowest BCUT2D eigenvalue weighted by Crippen LogP contribution is -2.15. The van der Waals surface area contributed by atoms with Crippen LogP contribution in [0.1, 0.15) is 56.4 Å². The highest BCUT2D eigenvalue weighted by Crippen LogP contribution is 2.30. The van der Waals surface area contributed by atoms with Gasteiger partial charge in [0.1, 0.15) is 11.3 Å². The van der Waals surface area contributed by atoms with Crippen LogP contribution < -0.4 is 5.32 Å². The van der Waals surface area contributed by atoms with Crippen LogP contribution in [-0.4, -0.2) is 6.04 Å². The number of rotatable bonds is 5. The van der Waals surface area contributed by atoms with Gasteiger partial charge in [-0.15, -0.1) is 0 Å². The van der Waals surface area contributed by atoms with Gasteiger partial charge in [0.2, 0.25) is 0 Å². The van der Waals surface area contributed by atoms with E-state index in [1.165, 1.54) is 29.4 Å². The van der Waals surface area contributed by atoms with Crippen molar-refractivity contribution in [2.75, 3.05) is 0 Å². The van der Waals surface area contributed by atoms with E-state index in [1.807, 2.05) is 0 Å². The van der Waals surface area contributed by atoms with Crippen LogP contribution in [-0.2, 0) is 13.0 Å². The molecule has 1 aliphatic carbocycles. The van der Waals surface area contributed by atoms with Crippen LogP contribution in [0.2, 0.25) is 0 Å². The van der Waals surface area contributed by atoms with Crippen molar-refractivity contribution in [1.82, 2.24) is 5.32 Å². The topological polar surface area (TPSA) is 25.2 Å². The molecule has 102 valence electrons. The molecular weight excluding hydrogens is 234 g/mol. The van der Waals surface area contributed by atoms with E-state index in [4.69, 9.17) is 4.42 Å². The number of aryl methyl sites for hydroxylation is 1. The first-order chi connectivity index (χ1) is 9.19. The molecule has 0 spiro atoms. The molecule has 2 aromatic rings. The van der Waals surface area contributed by atoms with E-state index < -0.39 is 0 Å². The third kappa shape index (κ3) is 2.55. The summed E-state index contributed by atoms with van der Waals surface area (Å²) in [5, 5.41) is 4.86. The highest BCUT2D eigenvalue weighted by Gasteiger charge is 2.22. The second kappa shape index (κ2) is 5.01. The molecule has 0 saturated heterocycles. The highest BCUT2D eigenvalue weighted by atomic mass is 16.3. The summed E-state index contributed by atoms with van der Waals surface area (Å²) in [6.45, 7) is 7.57. The van der Waals surface area contributed by atoms with Gasteiger partial charge in [-0.2, -0.15) is 0 Å². The first-order valence-electron chi connectivity index (χ1n) is 7.46. The Hall–Kier alpha value is -1.28. The zero-order valence-electron chi connectivity index (χ0n) is 12.1. The number of hydrogen-bond acceptors (Lipinski definition) is 2. The molecule has 1 aromatic heterocycles. The van der Waals surface area contributed by atoms with E-state index in [0.717, 1.165) is 30.4 Å². The minimum Gasteiger partial charge on any atom is -0.459 e. The van der Waals surface area contributed by atoms with Crippen LogP contribution in [0.5, 0.6) is 0 Å². The van der Waals surface area contributed by atoms with Crippen LogP contribution in [0, 0.1) is 0 Å². The molecule has 19 heavy (non-hydrogen) atoms. The van der Waals surface area contributed by atoms with Crippen molar-refractivity contribution in [1.29, 1.82) is 0 Å². The van der Waals surface area contributed by atoms with E-state index in [0.29, 0.717) is 5.92 Å². The molecule has 0 atom stereocenters. The third-order valence-electron chi connectivity index (χ3n) is 4.05. The zero-order valence-corrected chi connectivity index (χ0v) is 12.1. The second-order valence-electron chi connectivity index (χ2n) is 5.92. The normalized spacial score (nSPS) is 15.6. The molecule has 1 fully saturated rings. The molecule has 1 saturated carbocycles. The Bertz CT molecular complexity index is 578. The van der Waals surface area contributed by atoms with Gasteiger partial charge >= 0.3 is 0 Å². The number of furan rings is 1. The summed E-state index contributed by atoms with van der Waals surface area (Å²) in [5.74, 6) is 1.70. The molecule has 0 amide bonds. The zero-order chi connectivity index (χ0) is 13.4. The van der Waals surface area contributed by atoms with Crippen molar-refractivity contribution in [2.24, 2.45) is 0 Å². The maximum Gasteiger partial charge on any atom is 0.134 e. The maximum atomic E-state index is 6.04. The van der Waals surface area contributed by atoms with Gasteiger partial charge in [0.05, 0.1) is 6.54 Å². The summed E-state index contributed by atoms with van der Waals surface area (Å²) >= 11 is 0. The molecular formula is C17H23NO. The molecule has 0 aliphatic heterocycles. The van der Waals surface area contributed by atoms with Crippen LogP contribution in [0.25, 0.3) is 11.0 Å². The predicted molar refractivity (Wildman–Crippen MR) is 79.5 cm³/mol. The first kappa shape index (κ1) is 12.7. The lowest BCUT2D eigenvalue weighted by molar-refractivity contribution is 0.507. The largest absolute Gasteiger partial charge is 0.459 e. The standard InChI is InChI=1S/C17H23NO/c1-4-14-15-9-12(11(2)3)5-8-16(15)19-17(14)10-18-13-6-7-13/h5,8-9,11,13,18H,4,6-7,10H2,1-3H3. The number of nitrogens with one attached hydrogen (secondary N) is 1. The van der Waals surface area contributed by atoms with Crippen molar-refractivity contribution in [3.63, 3.8) is 0 Å². The van der Waals surface area contributed by atoms with Gasteiger partial charge in [-0.25, -0.2) is 0 Å². The van der Waals surface area contributed by atoms with Crippen molar-refractivity contribution < 1.29 is 4.42 Å². The Morgan fingerprint density at radius 3 is 2.74 bits per heavy atom. The Morgan fingerprint density at radius 2 is 2.11 bits per heavy atom. The lowest BCUT2D eigenvalue weighted by atomic mass is 9.99. The smallest absolute Gasteiger partial charge is 0.134 e. The average Bonchev–Trinajstić information content (AvgIpc) is 3.16. The summed E-state index contributed by atoms with van der Waals surface area (Å²) in [6, 6.07) is 7.35. The Balaban J connectivity index is 1.97. The van der Waals surface area contributed by atoms with E-state index >= 15 is 0 Å². The number of fused-ring (bicyclic) bond motifs is 1. The monoisotopic (exact) mass is 257 g/mol. The van der Waals surface area contributed by atoms with Gasteiger partial charge in [0.25, 0.3) is 0 Å². The lowest BCUT2D eigenvalue weighted by Gasteiger charge is -2.05. The summed E-state index contributed by atoms with van der Waals surface area (Å²) in [4.78, 5) is 0. The summed E-state index contributed by atoms with van der Waals surface area (Å²) in [5.41, 5.74) is 3.81. The number of hydrogen-bond donors (Lipinski definition) is 1. The van der Waals surface area contributed by atoms with Gasteiger partial charge in [-0.3, -0.25) is 0 Å². The third-order valence-corrected chi connectivity index (χ3v) is 4.05. The minimum atomic E-state index is 0.567. The molecule has 2 nitrogen and oxygen atoms in total. The van der Waals surface area contributed by atoms with Gasteiger partial charge < -0.3 is 9.73 Å². The van der Waals surface area contributed by atoms with Crippen molar-refractivity contribution >= 4 is 11.0 Å². The molecule has 0 bridgehead atoms. The molecule has 3 rings (SSSR count). The fraction of sp³-hybridized carbons (Fsp3) is 0.529. The Labute approximate surface area is 115 Å². The van der Waals surface area contributed by atoms with Crippen LogP contribution in [0.15, 0.2) is 22.6 Å². The Kier molecular flexibility index (Phi) is 3.36. The average molecular weight is 257 g/mol. The van der Waals surface area contributed by atoms with E-state index in [9.17, 15) is 0 Å². The minimum absolute atomic E-state index is 0.567. The van der Waals surface area contributed by atoms with E-state index in [2.05, 4.69) is 44.3 Å². The molecule has 2 heteroatoms. The number of benzene rings is 1. The molecule has 1 heterocycles. The van der Waals surface area contributed by atoms with Gasteiger partial charge in [-0.1, -0.05) is 26.8 Å². The fourth-order valence-corrected chi connectivity index (χ4v) is 2.63. The second-order valence-corrected chi connectivity index (χ2v) is 5.92. The summed E-state index contributed by atoms with van der Waals surface area (Å²) < 4.78 is 6.04. The summed E-state index contributed by atoms with van der Waals surface area (Å²) in [6.07, 6.45) is 3.68. The van der Waals surface area contributed by atoms with Crippen LogP contribution in [0.3, 0.4) is 0 Å². The Morgan fingerprint density at radius 1 is 1.32 bits per heavy atom. The SMILES string of the molecule is CCc1c(CNC2CC2)oc2ccc(C(C)C)cc12. The fourth-order valence-electron chi connectivity index (χ4n) is 2.63. The van der Waals surface area contributed by atoms with Crippen molar-refractivity contribution in [3.05, 3.63) is 35.1 Å². The highest BCUT2D eigenvalue weighted by molar-refractivity contribution is 5.83. The van der Waals surface area contributed by atoms with E-state index in [-0.39, 0.29) is 0 Å². The summed E-state index contributed by atoms with van der Waals surface area (Å²) in [7, 11) is 0. The van der Waals surface area contributed by atoms with Crippen LogP contribution in [0.4, 0.5) is 0 Å². The van der Waals surface area contributed by atoms with Crippen molar-refractivity contribution in [3.8, 4) is 0 Å². The van der Waals surface area contributed by atoms with Gasteiger partial charge in [0, 0.05) is 17.0 Å². The first-order valence-corrected chi connectivity index (χ1v) is 7.46. The molecule has 1 aromatic carbocycles. The molecule has 1 N–H and O–H groups in total. The van der Waals surface area contributed by atoms with Gasteiger partial charge in [-0.05, 0) is 42.9 Å². The molecule has 0 radical (unpaired) electrons. The quantitative estimate of drug-likeness (QED) is 0.860. The molecule has 1 aliphatic rings. The van der Waals surface area contributed by atoms with E-state index in [1.54, 1.807) is 0 Å². The van der Waals surface area contributed by atoms with Crippen molar-refractivity contribution in [2.45, 2.75) is 58.5 Å².